The second-order valence-electron chi connectivity index (χ2n) is 5.64. The fraction of sp³-hybridized carbons (Fsp3) is 0.500. The minimum absolute atomic E-state index is 0.692. The molecule has 2 fully saturated rings. The smallest absolute Gasteiger partial charge is 0.175 e. The van der Waals surface area contributed by atoms with Gasteiger partial charge in [0.15, 0.2) is 11.6 Å². The fourth-order valence-corrected chi connectivity index (χ4v) is 3.34. The number of aromatic nitrogens is 4. The van der Waals surface area contributed by atoms with E-state index < -0.39 is 0 Å². The van der Waals surface area contributed by atoms with Gasteiger partial charge in [-0.25, -0.2) is 4.68 Å². The van der Waals surface area contributed by atoms with Gasteiger partial charge in [-0.15, -0.1) is 10.2 Å². The number of aryl methyl sites for hydroxylation is 1. The molecule has 1 saturated heterocycles. The van der Waals surface area contributed by atoms with Gasteiger partial charge in [-0.1, -0.05) is 0 Å². The molecule has 5 nitrogen and oxygen atoms in total. The zero-order chi connectivity index (χ0) is 12.8. The molecular formula is C14H17N5. The molecule has 1 saturated carbocycles. The van der Waals surface area contributed by atoms with Crippen molar-refractivity contribution in [3.8, 4) is 5.82 Å². The first-order chi connectivity index (χ1) is 9.29. The van der Waals surface area contributed by atoms with Crippen molar-refractivity contribution in [2.75, 3.05) is 11.4 Å². The summed E-state index contributed by atoms with van der Waals surface area (Å²) in [6.07, 6.45) is 5.95. The van der Waals surface area contributed by atoms with E-state index in [1.165, 1.54) is 19.3 Å². The van der Waals surface area contributed by atoms with Gasteiger partial charge in [0.2, 0.25) is 0 Å². The van der Waals surface area contributed by atoms with Crippen LogP contribution in [-0.4, -0.2) is 32.6 Å². The molecule has 4 rings (SSSR count). The van der Waals surface area contributed by atoms with E-state index in [0.29, 0.717) is 6.04 Å². The van der Waals surface area contributed by atoms with Crippen LogP contribution in [-0.2, 0) is 0 Å². The molecule has 1 aliphatic carbocycles. The Balaban J connectivity index is 1.59. The predicted molar refractivity (Wildman–Crippen MR) is 72.4 cm³/mol. The number of fused-ring (bicyclic) bond motifs is 2. The van der Waals surface area contributed by atoms with E-state index in [4.69, 9.17) is 0 Å². The average Bonchev–Trinajstić information content (AvgIpc) is 3.14. The van der Waals surface area contributed by atoms with E-state index in [9.17, 15) is 0 Å². The van der Waals surface area contributed by atoms with Crippen LogP contribution in [0.25, 0.3) is 5.82 Å². The van der Waals surface area contributed by atoms with Crippen molar-refractivity contribution in [1.29, 1.82) is 0 Å². The minimum atomic E-state index is 0.692. The highest BCUT2D eigenvalue weighted by Gasteiger charge is 2.38. The van der Waals surface area contributed by atoms with Gasteiger partial charge in [0, 0.05) is 18.8 Å². The molecule has 0 amide bonds. The molecule has 2 aromatic rings. The van der Waals surface area contributed by atoms with Crippen LogP contribution in [0.5, 0.6) is 0 Å². The van der Waals surface area contributed by atoms with Crippen molar-refractivity contribution in [2.24, 2.45) is 5.92 Å². The molecular weight excluding hydrogens is 238 g/mol. The van der Waals surface area contributed by atoms with Crippen LogP contribution in [0, 0.1) is 12.8 Å². The zero-order valence-corrected chi connectivity index (χ0v) is 11.0. The summed E-state index contributed by atoms with van der Waals surface area (Å²) in [5, 5.41) is 13.0. The van der Waals surface area contributed by atoms with Crippen LogP contribution in [0.1, 0.15) is 25.0 Å². The summed E-state index contributed by atoms with van der Waals surface area (Å²) in [6.45, 7) is 3.12. The van der Waals surface area contributed by atoms with Gasteiger partial charge in [-0.2, -0.15) is 5.10 Å². The van der Waals surface area contributed by atoms with Gasteiger partial charge in [-0.3, -0.25) is 0 Å². The molecule has 2 aromatic heterocycles. The SMILES string of the molecule is Cc1ccn(-c2ccc(N3C[C@H]4CC[C@H]3C4)nn2)n1. The van der Waals surface area contributed by atoms with Gasteiger partial charge in [-0.05, 0) is 50.3 Å². The number of anilines is 1. The summed E-state index contributed by atoms with van der Waals surface area (Å²) < 4.78 is 1.77. The Morgan fingerprint density at radius 2 is 1.95 bits per heavy atom. The van der Waals surface area contributed by atoms with Crippen LogP contribution in [0.3, 0.4) is 0 Å². The summed E-state index contributed by atoms with van der Waals surface area (Å²) in [4.78, 5) is 2.42. The van der Waals surface area contributed by atoms with Gasteiger partial charge < -0.3 is 4.90 Å². The summed E-state index contributed by atoms with van der Waals surface area (Å²) in [5.74, 6) is 2.67. The van der Waals surface area contributed by atoms with Crippen LogP contribution in [0.15, 0.2) is 24.4 Å². The van der Waals surface area contributed by atoms with E-state index in [1.54, 1.807) is 4.68 Å². The maximum atomic E-state index is 4.38. The lowest BCUT2D eigenvalue weighted by atomic mass is 10.1. The maximum absolute atomic E-state index is 4.38. The van der Waals surface area contributed by atoms with Crippen LogP contribution >= 0.6 is 0 Å². The quantitative estimate of drug-likeness (QED) is 0.823. The minimum Gasteiger partial charge on any atom is -0.352 e. The number of hydrogen-bond acceptors (Lipinski definition) is 4. The lowest BCUT2D eigenvalue weighted by molar-refractivity contribution is 0.548. The molecule has 3 heterocycles. The molecule has 1 aliphatic heterocycles. The molecule has 2 atom stereocenters. The molecule has 0 unspecified atom stereocenters. The Bertz CT molecular complexity index is 588. The van der Waals surface area contributed by atoms with Crippen molar-refractivity contribution < 1.29 is 0 Å². The van der Waals surface area contributed by atoms with Crippen molar-refractivity contribution in [2.45, 2.75) is 32.2 Å². The Morgan fingerprint density at radius 1 is 1.11 bits per heavy atom. The van der Waals surface area contributed by atoms with Gasteiger partial charge >= 0.3 is 0 Å². The van der Waals surface area contributed by atoms with E-state index >= 15 is 0 Å². The lowest BCUT2D eigenvalue weighted by Crippen LogP contribution is -2.32. The summed E-state index contributed by atoms with van der Waals surface area (Å²) in [6, 6.07) is 6.73. The molecule has 98 valence electrons. The van der Waals surface area contributed by atoms with E-state index in [0.717, 1.165) is 29.8 Å². The number of piperidine rings is 1. The van der Waals surface area contributed by atoms with Crippen LogP contribution in [0.2, 0.25) is 0 Å². The van der Waals surface area contributed by atoms with E-state index in [1.807, 2.05) is 25.3 Å². The van der Waals surface area contributed by atoms with Gasteiger partial charge in [0.1, 0.15) is 0 Å². The monoisotopic (exact) mass is 255 g/mol. The van der Waals surface area contributed by atoms with Gasteiger partial charge in [0.05, 0.1) is 5.69 Å². The summed E-state index contributed by atoms with van der Waals surface area (Å²) >= 11 is 0. The molecule has 0 spiro atoms. The standard InChI is InChI=1S/C14H17N5/c1-10-6-7-19(17-10)14-5-4-13(15-16-14)18-9-11-2-3-12(18)8-11/h4-7,11-12H,2-3,8-9H2,1H3/t11-,12-/m0/s1. The Kier molecular flexibility index (Phi) is 2.33. The molecule has 19 heavy (non-hydrogen) atoms. The van der Waals surface area contributed by atoms with Crippen LogP contribution in [0.4, 0.5) is 5.82 Å². The van der Waals surface area contributed by atoms with Crippen molar-refractivity contribution in [1.82, 2.24) is 20.0 Å². The Labute approximate surface area is 112 Å². The van der Waals surface area contributed by atoms with Crippen molar-refractivity contribution >= 4 is 5.82 Å². The Morgan fingerprint density at radius 3 is 2.53 bits per heavy atom. The summed E-state index contributed by atoms with van der Waals surface area (Å²) in [5.41, 5.74) is 0.989. The zero-order valence-electron chi connectivity index (χ0n) is 11.0. The third kappa shape index (κ3) is 1.80. The van der Waals surface area contributed by atoms with Gasteiger partial charge in [0.25, 0.3) is 0 Å². The lowest BCUT2D eigenvalue weighted by Gasteiger charge is -2.27. The second kappa shape index (κ2) is 4.05. The van der Waals surface area contributed by atoms with Crippen molar-refractivity contribution in [3.05, 3.63) is 30.1 Å². The normalized spacial score (nSPS) is 25.2. The topological polar surface area (TPSA) is 46.8 Å². The highest BCUT2D eigenvalue weighted by molar-refractivity contribution is 5.43. The Hall–Kier alpha value is -1.91. The first kappa shape index (κ1) is 11.0. The third-order valence-electron chi connectivity index (χ3n) is 4.30. The second-order valence-corrected chi connectivity index (χ2v) is 5.64. The first-order valence-corrected chi connectivity index (χ1v) is 6.92. The molecule has 2 bridgehead atoms. The molecule has 5 heteroatoms. The molecule has 0 radical (unpaired) electrons. The highest BCUT2D eigenvalue weighted by atomic mass is 15.4. The molecule has 0 aromatic carbocycles. The number of rotatable bonds is 2. The van der Waals surface area contributed by atoms with Crippen molar-refractivity contribution in [3.63, 3.8) is 0 Å². The molecule has 0 N–H and O–H groups in total. The van der Waals surface area contributed by atoms with E-state index in [2.05, 4.69) is 26.3 Å². The highest BCUT2D eigenvalue weighted by Crippen LogP contribution is 2.39. The number of nitrogens with zero attached hydrogens (tertiary/aromatic N) is 5. The predicted octanol–water partition coefficient (Wildman–Crippen LogP) is 1.96. The molecule has 2 aliphatic rings. The average molecular weight is 255 g/mol. The van der Waals surface area contributed by atoms with E-state index in [-0.39, 0.29) is 0 Å². The first-order valence-electron chi connectivity index (χ1n) is 6.92. The summed E-state index contributed by atoms with van der Waals surface area (Å²) in [7, 11) is 0. The van der Waals surface area contributed by atoms with Crippen LogP contribution < -0.4 is 4.90 Å². The fourth-order valence-electron chi connectivity index (χ4n) is 3.34. The maximum Gasteiger partial charge on any atom is 0.175 e. The largest absolute Gasteiger partial charge is 0.352 e. The number of hydrogen-bond donors (Lipinski definition) is 0. The third-order valence-corrected chi connectivity index (χ3v) is 4.30.